The fourth-order valence-corrected chi connectivity index (χ4v) is 4.57. The molecular formula is C27H26ClNO7. The number of hydrogen-bond donors (Lipinski definition) is 1. The standard InChI is InChI=1S/C27H26ClNO7/c1-33-23-9-5-7-18(26(23)34-2)15-36-27(32)29-13-12-17-6-3-4-8-20(17)25(29)21-14-19(28)10-11-22(21)35-16-24(30)31/h3-11,14,25H,12-13,15-16H2,1-2H3,(H,30,31). The minimum Gasteiger partial charge on any atom is -0.493 e. The van der Waals surface area contributed by atoms with Gasteiger partial charge < -0.3 is 24.1 Å². The number of benzene rings is 3. The first kappa shape index (κ1) is 25.2. The van der Waals surface area contributed by atoms with E-state index in [0.717, 1.165) is 11.1 Å². The first-order valence-corrected chi connectivity index (χ1v) is 11.7. The minimum atomic E-state index is -1.11. The van der Waals surface area contributed by atoms with Crippen LogP contribution in [0.25, 0.3) is 0 Å². The first-order chi connectivity index (χ1) is 17.4. The van der Waals surface area contributed by atoms with Gasteiger partial charge in [-0.2, -0.15) is 0 Å². The van der Waals surface area contributed by atoms with Gasteiger partial charge in [0, 0.05) is 22.7 Å². The van der Waals surface area contributed by atoms with Gasteiger partial charge in [0.2, 0.25) is 0 Å². The molecule has 0 spiro atoms. The predicted molar refractivity (Wildman–Crippen MR) is 133 cm³/mol. The van der Waals surface area contributed by atoms with Crippen LogP contribution in [-0.4, -0.2) is 49.4 Å². The average Bonchev–Trinajstić information content (AvgIpc) is 2.89. The van der Waals surface area contributed by atoms with E-state index in [1.165, 1.54) is 7.11 Å². The lowest BCUT2D eigenvalue weighted by Crippen LogP contribution is -2.41. The Labute approximate surface area is 213 Å². The Morgan fingerprint density at radius 1 is 1.00 bits per heavy atom. The Hall–Kier alpha value is -3.91. The number of amides is 1. The molecular weight excluding hydrogens is 486 g/mol. The summed E-state index contributed by atoms with van der Waals surface area (Å²) in [5.41, 5.74) is 3.20. The van der Waals surface area contributed by atoms with Gasteiger partial charge in [-0.15, -0.1) is 0 Å². The summed E-state index contributed by atoms with van der Waals surface area (Å²) < 4.78 is 22.1. The van der Waals surface area contributed by atoms with E-state index in [4.69, 9.17) is 35.7 Å². The lowest BCUT2D eigenvalue weighted by atomic mass is 9.88. The molecule has 0 saturated carbocycles. The maximum absolute atomic E-state index is 13.4. The molecule has 4 rings (SSSR count). The SMILES string of the molecule is COc1cccc(COC(=O)N2CCc3ccccc3C2c2cc(Cl)ccc2OCC(=O)O)c1OC. The summed E-state index contributed by atoms with van der Waals surface area (Å²) in [6.07, 6.45) is 0.0967. The molecule has 0 radical (unpaired) electrons. The van der Waals surface area contributed by atoms with Crippen molar-refractivity contribution in [2.24, 2.45) is 0 Å². The van der Waals surface area contributed by atoms with E-state index in [-0.39, 0.29) is 6.61 Å². The molecule has 9 heteroatoms. The largest absolute Gasteiger partial charge is 0.493 e. The van der Waals surface area contributed by atoms with Crippen molar-refractivity contribution in [2.45, 2.75) is 19.1 Å². The summed E-state index contributed by atoms with van der Waals surface area (Å²) in [6.45, 7) is -0.161. The third-order valence-electron chi connectivity index (χ3n) is 5.97. The van der Waals surface area contributed by atoms with E-state index >= 15 is 0 Å². The highest BCUT2D eigenvalue weighted by Gasteiger charge is 2.35. The Morgan fingerprint density at radius 2 is 1.81 bits per heavy atom. The summed E-state index contributed by atoms with van der Waals surface area (Å²) in [5.74, 6) is 0.252. The molecule has 0 aliphatic carbocycles. The smallest absolute Gasteiger partial charge is 0.410 e. The molecule has 36 heavy (non-hydrogen) atoms. The van der Waals surface area contributed by atoms with Crippen LogP contribution >= 0.6 is 11.6 Å². The topological polar surface area (TPSA) is 94.5 Å². The summed E-state index contributed by atoms with van der Waals surface area (Å²) >= 11 is 6.32. The van der Waals surface area contributed by atoms with Crippen LogP contribution in [0.5, 0.6) is 17.2 Å². The quantitative estimate of drug-likeness (QED) is 0.449. The second kappa shape index (κ2) is 11.2. The van der Waals surface area contributed by atoms with E-state index in [9.17, 15) is 9.59 Å². The van der Waals surface area contributed by atoms with Gasteiger partial charge in [-0.25, -0.2) is 9.59 Å². The molecule has 1 atom stereocenters. The number of halogens is 1. The van der Waals surface area contributed by atoms with Crippen LogP contribution < -0.4 is 14.2 Å². The third-order valence-corrected chi connectivity index (χ3v) is 6.21. The second-order valence-electron chi connectivity index (χ2n) is 8.12. The number of hydrogen-bond acceptors (Lipinski definition) is 6. The van der Waals surface area contributed by atoms with Crippen LogP contribution in [0.15, 0.2) is 60.7 Å². The fraction of sp³-hybridized carbons (Fsp3) is 0.259. The number of carbonyl (C=O) groups excluding carboxylic acids is 1. The molecule has 3 aromatic carbocycles. The lowest BCUT2D eigenvalue weighted by molar-refractivity contribution is -0.139. The Balaban J connectivity index is 1.68. The number of aliphatic carboxylic acids is 1. The van der Waals surface area contributed by atoms with Crippen molar-refractivity contribution in [3.05, 3.63) is 87.9 Å². The monoisotopic (exact) mass is 511 g/mol. The van der Waals surface area contributed by atoms with Crippen molar-refractivity contribution >= 4 is 23.7 Å². The molecule has 3 aromatic rings. The predicted octanol–water partition coefficient (Wildman–Crippen LogP) is 5.10. The summed E-state index contributed by atoms with van der Waals surface area (Å²) in [6, 6.07) is 17.5. The van der Waals surface area contributed by atoms with Crippen LogP contribution in [0.1, 0.15) is 28.3 Å². The molecule has 0 saturated heterocycles. The number of carbonyl (C=O) groups is 2. The molecule has 1 aliphatic rings. The zero-order valence-corrected chi connectivity index (χ0v) is 20.7. The molecule has 1 heterocycles. The van der Waals surface area contributed by atoms with Crippen molar-refractivity contribution in [1.29, 1.82) is 0 Å². The van der Waals surface area contributed by atoms with Crippen LogP contribution in [0.4, 0.5) is 4.79 Å². The Morgan fingerprint density at radius 3 is 2.56 bits per heavy atom. The van der Waals surface area contributed by atoms with Crippen LogP contribution in [0.2, 0.25) is 5.02 Å². The molecule has 1 unspecified atom stereocenters. The highest BCUT2D eigenvalue weighted by Crippen LogP contribution is 2.41. The third kappa shape index (κ3) is 5.33. The number of methoxy groups -OCH3 is 2. The summed E-state index contributed by atoms with van der Waals surface area (Å²) in [7, 11) is 3.07. The molecule has 0 fully saturated rings. The van der Waals surface area contributed by atoms with Crippen molar-refractivity contribution in [1.82, 2.24) is 4.90 Å². The van der Waals surface area contributed by atoms with E-state index in [2.05, 4.69) is 0 Å². The van der Waals surface area contributed by atoms with Crippen molar-refractivity contribution in [3.63, 3.8) is 0 Å². The number of fused-ring (bicyclic) bond motifs is 1. The minimum absolute atomic E-state index is 0.0258. The fourth-order valence-electron chi connectivity index (χ4n) is 4.39. The van der Waals surface area contributed by atoms with Gasteiger partial charge in [-0.1, -0.05) is 48.0 Å². The van der Waals surface area contributed by atoms with Gasteiger partial charge >= 0.3 is 12.1 Å². The van der Waals surface area contributed by atoms with Crippen molar-refractivity contribution in [2.75, 3.05) is 27.4 Å². The van der Waals surface area contributed by atoms with Gasteiger partial charge in [0.15, 0.2) is 18.1 Å². The highest BCUT2D eigenvalue weighted by atomic mass is 35.5. The highest BCUT2D eigenvalue weighted by molar-refractivity contribution is 6.30. The van der Waals surface area contributed by atoms with Crippen LogP contribution in [-0.2, 0) is 22.6 Å². The maximum Gasteiger partial charge on any atom is 0.410 e. The molecule has 188 valence electrons. The first-order valence-electron chi connectivity index (χ1n) is 11.3. The number of nitrogens with zero attached hydrogens (tertiary/aromatic N) is 1. The van der Waals surface area contributed by atoms with Crippen LogP contribution in [0.3, 0.4) is 0 Å². The van der Waals surface area contributed by atoms with Crippen molar-refractivity contribution < 1.29 is 33.6 Å². The normalized spacial score (nSPS) is 14.5. The average molecular weight is 512 g/mol. The summed E-state index contributed by atoms with van der Waals surface area (Å²) in [5, 5.41) is 9.57. The van der Waals surface area contributed by atoms with E-state index in [1.807, 2.05) is 24.3 Å². The molecule has 1 amide bonds. The number of rotatable bonds is 8. The van der Waals surface area contributed by atoms with Gasteiger partial charge in [0.05, 0.1) is 20.3 Å². The second-order valence-corrected chi connectivity index (χ2v) is 8.55. The molecule has 0 bridgehead atoms. The zero-order chi connectivity index (χ0) is 25.7. The molecule has 1 N–H and O–H groups in total. The lowest BCUT2D eigenvalue weighted by Gasteiger charge is -2.37. The number of para-hydroxylation sites is 1. The number of ether oxygens (including phenoxy) is 4. The Kier molecular flexibility index (Phi) is 7.85. The number of carboxylic acids is 1. The molecule has 0 aromatic heterocycles. The van der Waals surface area contributed by atoms with Gasteiger partial charge in [0.25, 0.3) is 0 Å². The number of carboxylic acid groups (broad SMARTS) is 1. The van der Waals surface area contributed by atoms with E-state index < -0.39 is 24.7 Å². The summed E-state index contributed by atoms with van der Waals surface area (Å²) in [4.78, 5) is 26.2. The van der Waals surface area contributed by atoms with Gasteiger partial charge in [0.1, 0.15) is 12.4 Å². The zero-order valence-electron chi connectivity index (χ0n) is 19.9. The van der Waals surface area contributed by atoms with Gasteiger partial charge in [-0.3, -0.25) is 4.90 Å². The van der Waals surface area contributed by atoms with Crippen LogP contribution in [0, 0.1) is 0 Å². The van der Waals surface area contributed by atoms with E-state index in [0.29, 0.717) is 46.4 Å². The van der Waals surface area contributed by atoms with E-state index in [1.54, 1.807) is 48.4 Å². The Bertz CT molecular complexity index is 1260. The molecule has 1 aliphatic heterocycles. The maximum atomic E-state index is 13.4. The molecule has 8 nitrogen and oxygen atoms in total. The van der Waals surface area contributed by atoms with Gasteiger partial charge in [-0.05, 0) is 41.8 Å². The van der Waals surface area contributed by atoms with Crippen molar-refractivity contribution in [3.8, 4) is 17.2 Å².